The van der Waals surface area contributed by atoms with Crippen LogP contribution in [-0.4, -0.2) is 12.0 Å². The molecule has 0 saturated heterocycles. The predicted molar refractivity (Wildman–Crippen MR) is 48.1 cm³/mol. The number of pyridine rings is 1. The van der Waals surface area contributed by atoms with E-state index in [0.29, 0.717) is 11.0 Å². The molecular weight excluding hydrogens is 200 g/mol. The van der Waals surface area contributed by atoms with Crippen molar-refractivity contribution in [3.05, 3.63) is 18.0 Å². The lowest BCUT2D eigenvalue weighted by Crippen LogP contribution is -2.12. The van der Waals surface area contributed by atoms with Gasteiger partial charge in [-0.15, -0.1) is 9.24 Å². The van der Waals surface area contributed by atoms with Gasteiger partial charge in [0.1, 0.15) is 5.69 Å². The van der Waals surface area contributed by atoms with Gasteiger partial charge in [0.05, 0.1) is 0 Å². The number of nitrogens with one attached hydrogen (secondary N) is 1. The van der Waals surface area contributed by atoms with Crippen molar-refractivity contribution in [2.24, 2.45) is 0 Å². The molecule has 1 rings (SSSR count). The quantitative estimate of drug-likeness (QED) is 0.709. The Bertz CT molecular complexity index is 311. The van der Waals surface area contributed by atoms with Gasteiger partial charge in [-0.2, -0.15) is 13.2 Å². The first-order valence-electron chi connectivity index (χ1n) is 3.45. The lowest BCUT2D eigenvalue weighted by Gasteiger charge is -2.09. The highest BCUT2D eigenvalue weighted by Gasteiger charge is 2.32. The number of hydrogen-bond donors (Lipinski definition) is 1. The van der Waals surface area contributed by atoms with E-state index in [1.165, 1.54) is 6.20 Å². The third-order valence-corrected chi connectivity index (χ3v) is 1.95. The Kier molecular flexibility index (Phi) is 2.76. The fourth-order valence-electron chi connectivity index (χ4n) is 0.837. The Labute approximate surface area is 75.8 Å². The van der Waals surface area contributed by atoms with Crippen molar-refractivity contribution in [1.82, 2.24) is 4.98 Å². The number of hydrogen-bond acceptors (Lipinski definition) is 2. The number of alkyl halides is 3. The van der Waals surface area contributed by atoms with E-state index in [1.54, 1.807) is 7.05 Å². The van der Waals surface area contributed by atoms with Crippen LogP contribution in [-0.2, 0) is 6.18 Å². The molecule has 0 aliphatic carbocycles. The van der Waals surface area contributed by atoms with Crippen molar-refractivity contribution >= 4 is 20.2 Å². The highest BCUT2D eigenvalue weighted by molar-refractivity contribution is 7.28. The number of nitrogens with zero attached hydrogens (tertiary/aromatic N) is 1. The first-order valence-corrected chi connectivity index (χ1v) is 4.03. The number of rotatable bonds is 1. The predicted octanol–water partition coefficient (Wildman–Crippen LogP) is 1.64. The molecule has 0 saturated carbocycles. The Hall–Kier alpha value is -0.830. The molecule has 6 heteroatoms. The van der Waals surface area contributed by atoms with Crippen molar-refractivity contribution < 1.29 is 13.2 Å². The molecule has 0 aromatic carbocycles. The van der Waals surface area contributed by atoms with Crippen LogP contribution in [0.1, 0.15) is 5.69 Å². The maximum absolute atomic E-state index is 12.1. The first kappa shape index (κ1) is 10.3. The van der Waals surface area contributed by atoms with Crippen LogP contribution < -0.4 is 10.6 Å². The van der Waals surface area contributed by atoms with E-state index in [0.717, 1.165) is 6.07 Å². The van der Waals surface area contributed by atoms with Crippen molar-refractivity contribution in [2.75, 3.05) is 12.4 Å². The summed E-state index contributed by atoms with van der Waals surface area (Å²) in [5, 5.41) is 3.25. The Morgan fingerprint density at radius 3 is 2.54 bits per heavy atom. The molecule has 1 atom stereocenters. The SMILES string of the molecule is CNc1cc(C(F)(F)F)ncc1P. The molecule has 1 unspecified atom stereocenters. The van der Waals surface area contributed by atoms with E-state index in [9.17, 15) is 13.2 Å². The van der Waals surface area contributed by atoms with Crippen LogP contribution in [0.3, 0.4) is 0 Å². The van der Waals surface area contributed by atoms with Gasteiger partial charge in [-0.25, -0.2) is 0 Å². The number of aromatic nitrogens is 1. The average molecular weight is 208 g/mol. The van der Waals surface area contributed by atoms with Gasteiger partial charge in [-0.05, 0) is 6.07 Å². The van der Waals surface area contributed by atoms with Gasteiger partial charge in [0.15, 0.2) is 0 Å². The van der Waals surface area contributed by atoms with Gasteiger partial charge in [0.2, 0.25) is 0 Å². The normalized spacial score (nSPS) is 11.5. The topological polar surface area (TPSA) is 24.9 Å². The second-order valence-corrected chi connectivity index (χ2v) is 3.03. The molecule has 1 heterocycles. The molecule has 1 aromatic rings. The summed E-state index contributed by atoms with van der Waals surface area (Å²) in [5.74, 6) is 0. The van der Waals surface area contributed by atoms with Crippen LogP contribution in [0, 0.1) is 0 Å². The molecule has 0 amide bonds. The monoisotopic (exact) mass is 208 g/mol. The van der Waals surface area contributed by atoms with Crippen LogP contribution >= 0.6 is 9.24 Å². The van der Waals surface area contributed by atoms with Gasteiger partial charge in [-0.3, -0.25) is 4.98 Å². The first-order chi connectivity index (χ1) is 5.95. The largest absolute Gasteiger partial charge is 0.433 e. The van der Waals surface area contributed by atoms with Crippen LogP contribution in [0.5, 0.6) is 0 Å². The second-order valence-electron chi connectivity index (χ2n) is 2.40. The van der Waals surface area contributed by atoms with Crippen molar-refractivity contribution in [3.8, 4) is 0 Å². The van der Waals surface area contributed by atoms with Gasteiger partial charge in [-0.1, -0.05) is 0 Å². The van der Waals surface area contributed by atoms with E-state index < -0.39 is 11.9 Å². The molecule has 0 bridgehead atoms. The standard InChI is InChI=1S/C7H8F3N2P/c1-11-4-2-6(7(8,9)10)12-3-5(4)13/h2-3H,13H2,1H3,(H,11,12). The summed E-state index contributed by atoms with van der Waals surface area (Å²) in [6.45, 7) is 0. The zero-order valence-corrected chi connectivity index (χ0v) is 7.97. The fourth-order valence-corrected chi connectivity index (χ4v) is 1.14. The average Bonchev–Trinajstić information content (AvgIpc) is 2.03. The summed E-state index contributed by atoms with van der Waals surface area (Å²) >= 11 is 0. The smallest absolute Gasteiger partial charge is 0.388 e. The van der Waals surface area contributed by atoms with Crippen LogP contribution in [0.4, 0.5) is 18.9 Å². The van der Waals surface area contributed by atoms with Gasteiger partial charge >= 0.3 is 6.18 Å². The summed E-state index contributed by atoms with van der Waals surface area (Å²) < 4.78 is 36.4. The molecule has 0 radical (unpaired) electrons. The Balaban J connectivity index is 3.14. The molecule has 13 heavy (non-hydrogen) atoms. The molecule has 0 aliphatic heterocycles. The Morgan fingerprint density at radius 1 is 1.46 bits per heavy atom. The summed E-state index contributed by atoms with van der Waals surface area (Å²) in [6.07, 6.45) is -3.22. The van der Waals surface area contributed by atoms with Gasteiger partial charge in [0, 0.05) is 24.2 Å². The van der Waals surface area contributed by atoms with E-state index in [-0.39, 0.29) is 0 Å². The van der Waals surface area contributed by atoms with Gasteiger partial charge < -0.3 is 5.32 Å². The number of halogens is 3. The minimum atomic E-state index is -4.38. The lowest BCUT2D eigenvalue weighted by molar-refractivity contribution is -0.141. The minimum Gasteiger partial charge on any atom is -0.388 e. The lowest BCUT2D eigenvalue weighted by atomic mass is 10.3. The summed E-state index contributed by atoms with van der Waals surface area (Å²) in [6, 6.07) is 0.975. The highest BCUT2D eigenvalue weighted by atomic mass is 31.0. The van der Waals surface area contributed by atoms with E-state index in [2.05, 4.69) is 19.5 Å². The van der Waals surface area contributed by atoms with Crippen molar-refractivity contribution in [3.63, 3.8) is 0 Å². The third kappa shape index (κ3) is 2.31. The molecule has 1 N–H and O–H groups in total. The third-order valence-electron chi connectivity index (χ3n) is 1.49. The Morgan fingerprint density at radius 2 is 2.08 bits per heavy atom. The van der Waals surface area contributed by atoms with Crippen LogP contribution in [0.15, 0.2) is 12.3 Å². The zero-order valence-electron chi connectivity index (χ0n) is 6.81. The van der Waals surface area contributed by atoms with Gasteiger partial charge in [0.25, 0.3) is 0 Å². The zero-order chi connectivity index (χ0) is 10.1. The fraction of sp³-hybridized carbons (Fsp3) is 0.286. The molecule has 0 fully saturated rings. The molecule has 0 spiro atoms. The molecule has 1 aromatic heterocycles. The number of anilines is 1. The molecule has 2 nitrogen and oxygen atoms in total. The van der Waals surface area contributed by atoms with E-state index in [4.69, 9.17) is 0 Å². The van der Waals surface area contributed by atoms with Crippen LogP contribution in [0.2, 0.25) is 0 Å². The minimum absolute atomic E-state index is 0.410. The summed E-state index contributed by atoms with van der Waals surface area (Å²) in [5.41, 5.74) is -0.477. The second kappa shape index (κ2) is 3.50. The van der Waals surface area contributed by atoms with Crippen molar-refractivity contribution in [2.45, 2.75) is 6.18 Å². The maximum atomic E-state index is 12.1. The van der Waals surface area contributed by atoms with E-state index in [1.807, 2.05) is 0 Å². The molecule has 0 aliphatic rings. The summed E-state index contributed by atoms with van der Waals surface area (Å²) in [7, 11) is 3.86. The van der Waals surface area contributed by atoms with Crippen LogP contribution in [0.25, 0.3) is 0 Å². The molecule has 72 valence electrons. The van der Waals surface area contributed by atoms with E-state index >= 15 is 0 Å². The van der Waals surface area contributed by atoms with Crippen molar-refractivity contribution in [1.29, 1.82) is 0 Å². The summed E-state index contributed by atoms with van der Waals surface area (Å²) in [4.78, 5) is 3.27. The maximum Gasteiger partial charge on any atom is 0.433 e. The molecular formula is C7H8F3N2P. The highest BCUT2D eigenvalue weighted by Crippen LogP contribution is 2.28.